The summed E-state index contributed by atoms with van der Waals surface area (Å²) < 4.78 is 33.9. The molecule has 2 aromatic carbocycles. The van der Waals surface area contributed by atoms with Crippen LogP contribution in [-0.4, -0.2) is 33.0 Å². The highest BCUT2D eigenvalue weighted by molar-refractivity contribution is 9.11. The Morgan fingerprint density at radius 3 is 2.52 bits per heavy atom. The molecule has 7 nitrogen and oxygen atoms in total. The molecule has 3 aromatic rings. The summed E-state index contributed by atoms with van der Waals surface area (Å²) in [6.45, 7) is 1.43. The maximum absolute atomic E-state index is 13.4. The molecule has 0 fully saturated rings. The topological polar surface area (TPSA) is 88.6 Å². The lowest BCUT2D eigenvalue weighted by Gasteiger charge is -2.25. The Morgan fingerprint density at radius 1 is 1.21 bits per heavy atom. The number of carbonyl (C=O) groups is 1. The molecule has 10 heteroatoms. The van der Waals surface area contributed by atoms with Crippen molar-refractivity contribution in [3.63, 3.8) is 0 Å². The lowest BCUT2D eigenvalue weighted by atomic mass is 10.2. The molecule has 0 aliphatic rings. The summed E-state index contributed by atoms with van der Waals surface area (Å²) in [5.74, 6) is -0.179. The van der Waals surface area contributed by atoms with Gasteiger partial charge in [-0.2, -0.15) is 0 Å². The largest absolute Gasteiger partial charge is 0.495 e. The second-order valence-electron chi connectivity index (χ2n) is 6.01. The van der Waals surface area contributed by atoms with E-state index in [1.807, 2.05) is 6.92 Å². The van der Waals surface area contributed by atoms with Gasteiger partial charge in [-0.3, -0.25) is 9.10 Å². The minimum atomic E-state index is -4.02. The van der Waals surface area contributed by atoms with Gasteiger partial charge in [0.25, 0.3) is 10.0 Å². The minimum Gasteiger partial charge on any atom is -0.495 e. The summed E-state index contributed by atoms with van der Waals surface area (Å²) in [5, 5.41) is 2.99. The lowest BCUT2D eigenvalue weighted by molar-refractivity contribution is -0.114. The van der Waals surface area contributed by atoms with Crippen molar-refractivity contribution in [1.82, 2.24) is 4.98 Å². The first-order valence-corrected chi connectivity index (χ1v) is 11.5. The molecule has 1 heterocycles. The number of nitrogens with one attached hydrogen (secondary N) is 1. The zero-order valence-electron chi connectivity index (χ0n) is 15.6. The molecular formula is C19H18BrN3O4S2. The summed E-state index contributed by atoms with van der Waals surface area (Å²) >= 11 is 4.51. The molecule has 0 aliphatic heterocycles. The Balaban J connectivity index is 1.99. The first kappa shape index (κ1) is 21.3. The number of carbonyl (C=O) groups excluding carboxylic acids is 1. The number of sulfonamides is 1. The van der Waals surface area contributed by atoms with Crippen LogP contribution < -0.4 is 14.4 Å². The number of halogens is 1. The van der Waals surface area contributed by atoms with E-state index in [9.17, 15) is 13.2 Å². The van der Waals surface area contributed by atoms with Crippen molar-refractivity contribution in [2.24, 2.45) is 0 Å². The van der Waals surface area contributed by atoms with Crippen LogP contribution in [0.1, 0.15) is 5.56 Å². The smallest absolute Gasteiger partial charge is 0.264 e. The van der Waals surface area contributed by atoms with Crippen LogP contribution in [0.25, 0.3) is 0 Å². The number of aromatic nitrogens is 1. The average Bonchev–Trinajstić information content (AvgIpc) is 3.11. The van der Waals surface area contributed by atoms with Gasteiger partial charge in [0.15, 0.2) is 5.13 Å². The van der Waals surface area contributed by atoms with E-state index in [1.54, 1.807) is 42.6 Å². The number of methoxy groups -OCH3 is 1. The molecule has 1 N–H and O–H groups in total. The Morgan fingerprint density at radius 2 is 1.90 bits per heavy atom. The number of hydrogen-bond acceptors (Lipinski definition) is 6. The van der Waals surface area contributed by atoms with Gasteiger partial charge in [-0.1, -0.05) is 41.2 Å². The summed E-state index contributed by atoms with van der Waals surface area (Å²) in [5.41, 5.74) is 1.20. The van der Waals surface area contributed by atoms with Crippen LogP contribution in [-0.2, 0) is 14.8 Å². The normalized spacial score (nSPS) is 11.1. The predicted octanol–water partition coefficient (Wildman–Crippen LogP) is 4.06. The lowest BCUT2D eigenvalue weighted by Crippen LogP contribution is -2.38. The Bertz CT molecular complexity index is 1110. The average molecular weight is 496 g/mol. The highest BCUT2D eigenvalue weighted by atomic mass is 79.9. The van der Waals surface area contributed by atoms with E-state index in [2.05, 4.69) is 26.2 Å². The number of benzene rings is 2. The third kappa shape index (κ3) is 4.95. The molecule has 0 aliphatic carbocycles. The van der Waals surface area contributed by atoms with E-state index in [0.29, 0.717) is 10.9 Å². The molecular weight excluding hydrogens is 478 g/mol. The number of hydrogen-bond donors (Lipinski definition) is 1. The summed E-state index contributed by atoms with van der Waals surface area (Å²) in [7, 11) is -2.57. The van der Waals surface area contributed by atoms with E-state index in [0.717, 1.165) is 13.7 Å². The summed E-state index contributed by atoms with van der Waals surface area (Å²) in [6, 6.07) is 13.1. The van der Waals surface area contributed by atoms with E-state index in [1.165, 1.54) is 30.6 Å². The Kier molecular flexibility index (Phi) is 6.56. The van der Waals surface area contributed by atoms with Crippen molar-refractivity contribution in [3.05, 3.63) is 64.1 Å². The van der Waals surface area contributed by atoms with Gasteiger partial charge in [0.2, 0.25) is 5.91 Å². The van der Waals surface area contributed by atoms with Crippen LogP contribution in [0.15, 0.2) is 63.4 Å². The number of rotatable bonds is 7. The number of para-hydroxylation sites is 2. The van der Waals surface area contributed by atoms with Gasteiger partial charge in [-0.25, -0.2) is 13.4 Å². The van der Waals surface area contributed by atoms with Gasteiger partial charge in [-0.15, -0.1) is 0 Å². The van der Waals surface area contributed by atoms with Crippen LogP contribution in [0, 0.1) is 6.92 Å². The van der Waals surface area contributed by atoms with E-state index < -0.39 is 22.5 Å². The maximum atomic E-state index is 13.4. The molecule has 0 saturated heterocycles. The van der Waals surface area contributed by atoms with Crippen molar-refractivity contribution in [1.29, 1.82) is 0 Å². The Labute approximate surface area is 181 Å². The van der Waals surface area contributed by atoms with E-state index in [-0.39, 0.29) is 10.6 Å². The maximum Gasteiger partial charge on any atom is 0.264 e. The number of aryl methyl sites for hydroxylation is 1. The van der Waals surface area contributed by atoms with Crippen molar-refractivity contribution in [2.45, 2.75) is 11.8 Å². The van der Waals surface area contributed by atoms with Crippen LogP contribution in [0.3, 0.4) is 0 Å². The molecule has 0 radical (unpaired) electrons. The molecule has 29 heavy (non-hydrogen) atoms. The van der Waals surface area contributed by atoms with E-state index in [4.69, 9.17) is 4.74 Å². The molecule has 0 unspecified atom stereocenters. The number of nitrogens with zero attached hydrogens (tertiary/aromatic N) is 2. The quantitative estimate of drug-likeness (QED) is 0.533. The van der Waals surface area contributed by atoms with Gasteiger partial charge in [0.1, 0.15) is 12.3 Å². The number of amides is 1. The fourth-order valence-electron chi connectivity index (χ4n) is 2.57. The first-order chi connectivity index (χ1) is 13.8. The van der Waals surface area contributed by atoms with Crippen LogP contribution in [0.4, 0.5) is 10.8 Å². The second-order valence-corrected chi connectivity index (χ2v) is 10.3. The summed E-state index contributed by atoms with van der Waals surface area (Å²) in [6.07, 6.45) is 1.56. The third-order valence-electron chi connectivity index (χ3n) is 3.97. The summed E-state index contributed by atoms with van der Waals surface area (Å²) in [4.78, 5) is 16.8. The van der Waals surface area contributed by atoms with Crippen molar-refractivity contribution in [3.8, 4) is 5.75 Å². The molecule has 0 atom stereocenters. The predicted molar refractivity (Wildman–Crippen MR) is 117 cm³/mol. The zero-order chi connectivity index (χ0) is 21.0. The Hall–Kier alpha value is -2.43. The van der Waals surface area contributed by atoms with Gasteiger partial charge in [-0.05, 0) is 47.1 Å². The number of ether oxygens (including phenoxy) is 1. The van der Waals surface area contributed by atoms with Gasteiger partial charge in [0.05, 0.1) is 27.7 Å². The van der Waals surface area contributed by atoms with Crippen LogP contribution >= 0.6 is 27.3 Å². The molecule has 0 saturated carbocycles. The standard InChI is InChI=1S/C19H18BrN3O4S2/c1-13-7-9-14(10-8-13)29(25,26)23(15-5-3-4-6-16(15)27-2)12-18(24)22-19-21-11-17(20)28-19/h3-11H,12H2,1-2H3,(H,21,22,24). The minimum absolute atomic E-state index is 0.0822. The number of anilines is 2. The SMILES string of the molecule is COc1ccccc1N(CC(=O)Nc1ncc(Br)s1)S(=O)(=O)c1ccc(C)cc1. The fraction of sp³-hybridized carbons (Fsp3) is 0.158. The zero-order valence-corrected chi connectivity index (χ0v) is 18.8. The van der Waals surface area contributed by atoms with Crippen LogP contribution in [0.2, 0.25) is 0 Å². The van der Waals surface area contributed by atoms with Crippen LogP contribution in [0.5, 0.6) is 5.75 Å². The highest BCUT2D eigenvalue weighted by Gasteiger charge is 2.29. The van der Waals surface area contributed by atoms with Crippen molar-refractivity contribution < 1.29 is 17.9 Å². The highest BCUT2D eigenvalue weighted by Crippen LogP contribution is 2.32. The first-order valence-electron chi connectivity index (χ1n) is 8.45. The van der Waals surface area contributed by atoms with Gasteiger partial charge in [0, 0.05) is 0 Å². The third-order valence-corrected chi connectivity index (χ3v) is 7.14. The monoisotopic (exact) mass is 495 g/mol. The van der Waals surface area contributed by atoms with Gasteiger partial charge >= 0.3 is 0 Å². The second kappa shape index (κ2) is 8.93. The molecule has 0 spiro atoms. The molecule has 1 aromatic heterocycles. The molecule has 1 amide bonds. The van der Waals surface area contributed by atoms with Crippen molar-refractivity contribution >= 4 is 54.0 Å². The fourth-order valence-corrected chi connectivity index (χ4v) is 5.13. The van der Waals surface area contributed by atoms with Crippen molar-refractivity contribution in [2.75, 3.05) is 23.3 Å². The van der Waals surface area contributed by atoms with E-state index >= 15 is 0 Å². The molecule has 0 bridgehead atoms. The molecule has 152 valence electrons. The van der Waals surface area contributed by atoms with Gasteiger partial charge < -0.3 is 10.1 Å². The molecule has 3 rings (SSSR count). The number of thiazole rings is 1.